The lowest BCUT2D eigenvalue weighted by molar-refractivity contribution is 0.173. The summed E-state index contributed by atoms with van der Waals surface area (Å²) >= 11 is 0. The fourth-order valence-electron chi connectivity index (χ4n) is 2.82. The molecular weight excluding hydrogens is 248 g/mol. The standard InChI is InChI=1S/C16H30N4/c1-4-14(3)20-11-8-16(18-20)13-19-9-6-15(7-10-19)12-17-5-2/h8,11,14-15,17H,4-7,9-10,12-13H2,1-3H3. The largest absolute Gasteiger partial charge is 0.317 e. The quantitative estimate of drug-likeness (QED) is 0.832. The minimum atomic E-state index is 0.509. The van der Waals surface area contributed by atoms with Crippen molar-refractivity contribution in [3.63, 3.8) is 0 Å². The zero-order chi connectivity index (χ0) is 14.4. The van der Waals surface area contributed by atoms with Gasteiger partial charge in [0.2, 0.25) is 0 Å². The van der Waals surface area contributed by atoms with E-state index >= 15 is 0 Å². The van der Waals surface area contributed by atoms with Crippen molar-refractivity contribution in [2.24, 2.45) is 5.92 Å². The molecule has 1 N–H and O–H groups in total. The first kappa shape index (κ1) is 15.5. The minimum absolute atomic E-state index is 0.509. The Bertz CT molecular complexity index is 380. The van der Waals surface area contributed by atoms with Crippen molar-refractivity contribution in [2.45, 2.75) is 52.6 Å². The van der Waals surface area contributed by atoms with Crippen LogP contribution in [0.5, 0.6) is 0 Å². The number of piperidine rings is 1. The van der Waals surface area contributed by atoms with Crippen LogP contribution in [0.15, 0.2) is 12.3 Å². The van der Waals surface area contributed by atoms with E-state index in [-0.39, 0.29) is 0 Å². The Morgan fingerprint density at radius 3 is 2.75 bits per heavy atom. The third-order valence-electron chi connectivity index (χ3n) is 4.48. The molecule has 2 rings (SSSR count). The first-order valence-corrected chi connectivity index (χ1v) is 8.20. The third kappa shape index (κ3) is 4.32. The molecule has 0 aliphatic carbocycles. The van der Waals surface area contributed by atoms with Gasteiger partial charge in [0.05, 0.1) is 5.69 Å². The maximum absolute atomic E-state index is 4.71. The highest BCUT2D eigenvalue weighted by molar-refractivity contribution is 5.00. The van der Waals surface area contributed by atoms with Crippen LogP contribution in [0.3, 0.4) is 0 Å². The summed E-state index contributed by atoms with van der Waals surface area (Å²) in [5.41, 5.74) is 1.22. The van der Waals surface area contributed by atoms with Gasteiger partial charge < -0.3 is 5.32 Å². The Hall–Kier alpha value is -0.870. The van der Waals surface area contributed by atoms with Crippen molar-refractivity contribution in [1.29, 1.82) is 0 Å². The maximum Gasteiger partial charge on any atom is 0.0764 e. The third-order valence-corrected chi connectivity index (χ3v) is 4.48. The molecule has 1 saturated heterocycles. The summed E-state index contributed by atoms with van der Waals surface area (Å²) in [7, 11) is 0. The van der Waals surface area contributed by atoms with Crippen LogP contribution < -0.4 is 5.32 Å². The zero-order valence-corrected chi connectivity index (χ0v) is 13.3. The molecule has 114 valence electrons. The second-order valence-corrected chi connectivity index (χ2v) is 6.07. The molecule has 0 bridgehead atoms. The molecule has 1 unspecified atom stereocenters. The van der Waals surface area contributed by atoms with E-state index in [4.69, 9.17) is 5.10 Å². The number of nitrogens with zero attached hydrogens (tertiary/aromatic N) is 3. The van der Waals surface area contributed by atoms with Crippen molar-refractivity contribution in [2.75, 3.05) is 26.2 Å². The molecule has 1 aromatic rings. The van der Waals surface area contributed by atoms with E-state index in [1.54, 1.807) is 0 Å². The predicted octanol–water partition coefficient (Wildman–Crippen LogP) is 2.68. The van der Waals surface area contributed by atoms with Gasteiger partial charge in [-0.1, -0.05) is 13.8 Å². The first-order chi connectivity index (χ1) is 9.72. The van der Waals surface area contributed by atoms with E-state index in [2.05, 4.69) is 47.9 Å². The summed E-state index contributed by atoms with van der Waals surface area (Å²) in [6, 6.07) is 2.69. The molecule has 0 saturated carbocycles. The van der Waals surface area contributed by atoms with Crippen LogP contribution in [0, 0.1) is 5.92 Å². The average Bonchev–Trinajstić information content (AvgIpc) is 2.94. The molecule has 0 amide bonds. The Kier molecular flexibility index (Phi) is 6.05. The van der Waals surface area contributed by atoms with Crippen molar-refractivity contribution in [3.05, 3.63) is 18.0 Å². The highest BCUT2D eigenvalue weighted by atomic mass is 15.3. The Balaban J connectivity index is 1.76. The Morgan fingerprint density at radius 2 is 2.10 bits per heavy atom. The topological polar surface area (TPSA) is 33.1 Å². The minimum Gasteiger partial charge on any atom is -0.317 e. The Labute approximate surface area is 123 Å². The highest BCUT2D eigenvalue weighted by Gasteiger charge is 2.19. The molecule has 1 aliphatic rings. The summed E-state index contributed by atoms with van der Waals surface area (Å²) in [6.45, 7) is 12.3. The molecule has 4 nitrogen and oxygen atoms in total. The van der Waals surface area contributed by atoms with E-state index < -0.39 is 0 Å². The van der Waals surface area contributed by atoms with Gasteiger partial charge in [0, 0.05) is 18.8 Å². The van der Waals surface area contributed by atoms with Gasteiger partial charge in [0.25, 0.3) is 0 Å². The predicted molar refractivity (Wildman–Crippen MR) is 83.8 cm³/mol. The molecular formula is C16H30N4. The Morgan fingerprint density at radius 1 is 1.35 bits per heavy atom. The van der Waals surface area contributed by atoms with Gasteiger partial charge in [-0.25, -0.2) is 0 Å². The second-order valence-electron chi connectivity index (χ2n) is 6.07. The summed E-state index contributed by atoms with van der Waals surface area (Å²) < 4.78 is 2.10. The van der Waals surface area contributed by atoms with Gasteiger partial charge in [-0.15, -0.1) is 0 Å². The van der Waals surface area contributed by atoms with E-state index in [1.165, 1.54) is 38.2 Å². The van der Waals surface area contributed by atoms with Crippen LogP contribution in [-0.4, -0.2) is 40.9 Å². The molecule has 20 heavy (non-hydrogen) atoms. The van der Waals surface area contributed by atoms with E-state index in [0.717, 1.165) is 25.4 Å². The summed E-state index contributed by atoms with van der Waals surface area (Å²) in [5.74, 6) is 0.865. The second kappa shape index (κ2) is 7.79. The molecule has 4 heteroatoms. The number of rotatable bonds is 7. The van der Waals surface area contributed by atoms with Gasteiger partial charge in [-0.05, 0) is 64.3 Å². The van der Waals surface area contributed by atoms with Crippen LogP contribution in [0.2, 0.25) is 0 Å². The average molecular weight is 278 g/mol. The van der Waals surface area contributed by atoms with Gasteiger partial charge >= 0.3 is 0 Å². The van der Waals surface area contributed by atoms with Crippen LogP contribution in [0.1, 0.15) is 51.8 Å². The SMILES string of the molecule is CCNCC1CCN(Cc2ccn(C(C)CC)n2)CC1. The fraction of sp³-hybridized carbons (Fsp3) is 0.812. The highest BCUT2D eigenvalue weighted by Crippen LogP contribution is 2.18. The van der Waals surface area contributed by atoms with Gasteiger partial charge in [0.15, 0.2) is 0 Å². The summed E-state index contributed by atoms with van der Waals surface area (Å²) in [4.78, 5) is 2.55. The molecule has 1 aliphatic heterocycles. The van der Waals surface area contributed by atoms with Gasteiger partial charge in [-0.3, -0.25) is 9.58 Å². The van der Waals surface area contributed by atoms with Crippen LogP contribution >= 0.6 is 0 Å². The van der Waals surface area contributed by atoms with E-state index in [9.17, 15) is 0 Å². The fourth-order valence-corrected chi connectivity index (χ4v) is 2.82. The lowest BCUT2D eigenvalue weighted by atomic mass is 9.97. The zero-order valence-electron chi connectivity index (χ0n) is 13.3. The molecule has 0 radical (unpaired) electrons. The lowest BCUT2D eigenvalue weighted by Gasteiger charge is -2.31. The molecule has 0 aromatic carbocycles. The van der Waals surface area contributed by atoms with Crippen LogP contribution in [0.25, 0.3) is 0 Å². The molecule has 0 spiro atoms. The monoisotopic (exact) mass is 278 g/mol. The number of hydrogen-bond donors (Lipinski definition) is 1. The number of hydrogen-bond acceptors (Lipinski definition) is 3. The van der Waals surface area contributed by atoms with Gasteiger partial charge in [-0.2, -0.15) is 5.10 Å². The van der Waals surface area contributed by atoms with Crippen LogP contribution in [0.4, 0.5) is 0 Å². The van der Waals surface area contributed by atoms with Crippen molar-refractivity contribution >= 4 is 0 Å². The number of likely N-dealkylation sites (tertiary alicyclic amines) is 1. The molecule has 1 atom stereocenters. The molecule has 1 aromatic heterocycles. The summed E-state index contributed by atoms with van der Waals surface area (Å²) in [6.07, 6.45) is 5.90. The number of nitrogens with one attached hydrogen (secondary N) is 1. The first-order valence-electron chi connectivity index (χ1n) is 8.20. The van der Waals surface area contributed by atoms with Crippen molar-refractivity contribution in [3.8, 4) is 0 Å². The van der Waals surface area contributed by atoms with E-state index in [1.807, 2.05) is 0 Å². The van der Waals surface area contributed by atoms with Crippen molar-refractivity contribution in [1.82, 2.24) is 20.0 Å². The summed E-state index contributed by atoms with van der Waals surface area (Å²) in [5, 5.41) is 8.18. The number of aromatic nitrogens is 2. The lowest BCUT2D eigenvalue weighted by Crippen LogP contribution is -2.37. The smallest absolute Gasteiger partial charge is 0.0764 e. The maximum atomic E-state index is 4.71. The normalized spacial score (nSPS) is 19.4. The molecule has 2 heterocycles. The van der Waals surface area contributed by atoms with E-state index in [0.29, 0.717) is 6.04 Å². The van der Waals surface area contributed by atoms with Crippen LogP contribution in [-0.2, 0) is 6.54 Å². The van der Waals surface area contributed by atoms with Crippen molar-refractivity contribution < 1.29 is 0 Å². The van der Waals surface area contributed by atoms with Gasteiger partial charge in [0.1, 0.15) is 0 Å². The molecule has 1 fully saturated rings.